The minimum absolute atomic E-state index is 0.0854. The summed E-state index contributed by atoms with van der Waals surface area (Å²) in [7, 11) is 2.16. The van der Waals surface area contributed by atoms with Gasteiger partial charge in [0.2, 0.25) is 0 Å². The Hall–Kier alpha value is -1.44. The Morgan fingerprint density at radius 3 is 2.79 bits per heavy atom. The van der Waals surface area contributed by atoms with E-state index in [1.165, 1.54) is 12.8 Å². The van der Waals surface area contributed by atoms with Gasteiger partial charge in [-0.2, -0.15) is 0 Å². The van der Waals surface area contributed by atoms with E-state index in [0.29, 0.717) is 30.5 Å². The smallest absolute Gasteiger partial charge is 0.276 e. The number of likely N-dealkylation sites (N-methyl/N-ethyl adjacent to an activating group) is 1. The number of amides is 1. The fourth-order valence-electron chi connectivity index (χ4n) is 3.79. The zero-order valence-corrected chi connectivity index (χ0v) is 14.6. The normalized spacial score (nSPS) is 26.7. The maximum Gasteiger partial charge on any atom is 0.276 e. The van der Waals surface area contributed by atoms with Gasteiger partial charge >= 0.3 is 0 Å². The number of nitrogens with zero attached hydrogens (tertiary/aromatic N) is 4. The molecular weight excluding hydrogens is 308 g/mol. The summed E-state index contributed by atoms with van der Waals surface area (Å²) in [5.41, 5.74) is 0.392. The number of aryl methyl sites for hydroxylation is 1. The molecule has 2 unspecified atom stereocenters. The van der Waals surface area contributed by atoms with Crippen LogP contribution >= 0.6 is 0 Å². The lowest BCUT2D eigenvalue weighted by molar-refractivity contribution is 0.0772. The molecule has 7 nitrogen and oxygen atoms in total. The van der Waals surface area contributed by atoms with Gasteiger partial charge in [0, 0.05) is 45.2 Å². The number of aliphatic hydroxyl groups excluding tert-OH is 1. The van der Waals surface area contributed by atoms with Gasteiger partial charge < -0.3 is 24.2 Å². The number of carbonyl (C=O) groups excluding carboxylic acids is 1. The van der Waals surface area contributed by atoms with E-state index in [9.17, 15) is 9.90 Å². The first-order valence-electron chi connectivity index (χ1n) is 8.79. The predicted molar refractivity (Wildman–Crippen MR) is 89.8 cm³/mol. The maximum absolute atomic E-state index is 12.6. The van der Waals surface area contributed by atoms with Gasteiger partial charge in [-0.15, -0.1) is 0 Å². The van der Waals surface area contributed by atoms with Gasteiger partial charge in [-0.05, 0) is 39.4 Å². The lowest BCUT2D eigenvalue weighted by atomic mass is 9.96. The summed E-state index contributed by atoms with van der Waals surface area (Å²) < 4.78 is 5.15. The van der Waals surface area contributed by atoms with Crippen LogP contribution in [0, 0.1) is 18.8 Å². The zero-order chi connectivity index (χ0) is 17.1. The van der Waals surface area contributed by atoms with Crippen LogP contribution < -0.4 is 0 Å². The maximum atomic E-state index is 12.6. The highest BCUT2D eigenvalue weighted by Gasteiger charge is 2.37. The van der Waals surface area contributed by atoms with Crippen LogP contribution in [0.4, 0.5) is 0 Å². The topological polar surface area (TPSA) is 73.0 Å². The van der Waals surface area contributed by atoms with Crippen molar-refractivity contribution in [2.24, 2.45) is 11.8 Å². The highest BCUT2D eigenvalue weighted by molar-refractivity contribution is 5.93. The van der Waals surface area contributed by atoms with Gasteiger partial charge in [0.15, 0.2) is 12.1 Å². The van der Waals surface area contributed by atoms with Crippen molar-refractivity contribution in [3.63, 3.8) is 0 Å². The van der Waals surface area contributed by atoms with Gasteiger partial charge in [-0.25, -0.2) is 4.98 Å². The van der Waals surface area contributed by atoms with E-state index in [1.807, 2.05) is 4.90 Å². The first kappa shape index (κ1) is 17.4. The molecule has 3 heterocycles. The van der Waals surface area contributed by atoms with Gasteiger partial charge in [0.1, 0.15) is 5.76 Å². The van der Waals surface area contributed by atoms with E-state index in [1.54, 1.807) is 6.92 Å². The van der Waals surface area contributed by atoms with Gasteiger partial charge in [-0.3, -0.25) is 4.79 Å². The Kier molecular flexibility index (Phi) is 5.53. The van der Waals surface area contributed by atoms with E-state index in [0.717, 1.165) is 32.7 Å². The van der Waals surface area contributed by atoms with E-state index in [-0.39, 0.29) is 18.4 Å². The molecule has 7 heteroatoms. The molecule has 1 aromatic rings. The predicted octanol–water partition coefficient (Wildman–Crippen LogP) is 0.301. The molecule has 2 saturated heterocycles. The summed E-state index contributed by atoms with van der Waals surface area (Å²) in [4.78, 5) is 23.3. The van der Waals surface area contributed by atoms with Crippen molar-refractivity contribution in [1.82, 2.24) is 19.7 Å². The molecule has 0 bridgehead atoms. The molecule has 2 aliphatic rings. The van der Waals surface area contributed by atoms with Crippen LogP contribution in [0.1, 0.15) is 22.7 Å². The molecule has 2 aliphatic heterocycles. The lowest BCUT2D eigenvalue weighted by Gasteiger charge is -2.26. The number of likely N-dealkylation sites (tertiary alicyclic amines) is 1. The fraction of sp³-hybridized carbons (Fsp3) is 0.765. The second kappa shape index (κ2) is 7.63. The summed E-state index contributed by atoms with van der Waals surface area (Å²) in [6, 6.07) is 0. The molecule has 134 valence electrons. The van der Waals surface area contributed by atoms with Crippen LogP contribution in [0.2, 0.25) is 0 Å². The molecule has 2 fully saturated rings. The minimum Gasteiger partial charge on any atom is -0.448 e. The Morgan fingerprint density at radius 1 is 1.29 bits per heavy atom. The molecule has 0 aromatic carbocycles. The number of aliphatic hydroxyl groups is 1. The highest BCUT2D eigenvalue weighted by Crippen LogP contribution is 2.26. The first-order chi connectivity index (χ1) is 11.6. The highest BCUT2D eigenvalue weighted by atomic mass is 16.3. The Morgan fingerprint density at radius 2 is 2.08 bits per heavy atom. The number of hydrogen-bond acceptors (Lipinski definition) is 6. The number of aromatic nitrogens is 1. The van der Waals surface area contributed by atoms with Gasteiger partial charge in [0.05, 0.1) is 0 Å². The fourth-order valence-corrected chi connectivity index (χ4v) is 3.79. The quantitative estimate of drug-likeness (QED) is 0.853. The monoisotopic (exact) mass is 336 g/mol. The molecule has 0 spiro atoms. The van der Waals surface area contributed by atoms with Crippen LogP contribution in [0.15, 0.2) is 10.8 Å². The SMILES string of the molecule is Cc1ocnc1C(=O)N1CC(CO)C(CN2CCCN(C)CC2)C1. The molecule has 0 aliphatic carbocycles. The first-order valence-corrected chi connectivity index (χ1v) is 8.79. The van der Waals surface area contributed by atoms with Crippen LogP contribution in [0.3, 0.4) is 0 Å². The standard InChI is InChI=1S/C17H28N4O3/c1-13-16(18-12-24-13)17(23)21-9-14(15(10-21)11-22)8-20-5-3-4-19(2)6-7-20/h12,14-15,22H,3-11H2,1-2H3. The van der Waals surface area contributed by atoms with Crippen molar-refractivity contribution in [2.75, 3.05) is 59.5 Å². The van der Waals surface area contributed by atoms with Gasteiger partial charge in [0.25, 0.3) is 5.91 Å². The number of oxazole rings is 1. The summed E-state index contributed by atoms with van der Waals surface area (Å²) in [6.45, 7) is 8.48. The minimum atomic E-state index is -0.0854. The van der Waals surface area contributed by atoms with E-state index >= 15 is 0 Å². The third kappa shape index (κ3) is 3.79. The Bertz CT molecular complexity index is 562. The Labute approximate surface area is 143 Å². The van der Waals surface area contributed by atoms with Crippen molar-refractivity contribution in [1.29, 1.82) is 0 Å². The summed E-state index contributed by atoms with van der Waals surface area (Å²) in [6.07, 6.45) is 2.49. The molecule has 2 atom stereocenters. The summed E-state index contributed by atoms with van der Waals surface area (Å²) in [5, 5.41) is 9.75. The van der Waals surface area contributed by atoms with Crippen molar-refractivity contribution in [3.8, 4) is 0 Å². The number of hydrogen-bond donors (Lipinski definition) is 1. The van der Waals surface area contributed by atoms with Crippen molar-refractivity contribution < 1.29 is 14.3 Å². The van der Waals surface area contributed by atoms with Crippen molar-refractivity contribution in [3.05, 3.63) is 17.8 Å². The molecule has 1 N–H and O–H groups in total. The van der Waals surface area contributed by atoms with Gasteiger partial charge in [-0.1, -0.05) is 0 Å². The lowest BCUT2D eigenvalue weighted by Crippen LogP contribution is -2.36. The van der Waals surface area contributed by atoms with Crippen molar-refractivity contribution in [2.45, 2.75) is 13.3 Å². The average Bonchev–Trinajstić information content (AvgIpc) is 3.11. The molecule has 1 aromatic heterocycles. The number of carbonyl (C=O) groups is 1. The molecule has 24 heavy (non-hydrogen) atoms. The zero-order valence-electron chi connectivity index (χ0n) is 14.6. The van der Waals surface area contributed by atoms with E-state index in [2.05, 4.69) is 21.8 Å². The second-order valence-corrected chi connectivity index (χ2v) is 7.13. The van der Waals surface area contributed by atoms with Crippen LogP contribution in [0.5, 0.6) is 0 Å². The third-order valence-corrected chi connectivity index (χ3v) is 5.35. The largest absolute Gasteiger partial charge is 0.448 e. The van der Waals surface area contributed by atoms with E-state index < -0.39 is 0 Å². The van der Waals surface area contributed by atoms with Crippen molar-refractivity contribution >= 4 is 5.91 Å². The molecular formula is C17H28N4O3. The molecule has 0 radical (unpaired) electrons. The molecule has 1 amide bonds. The Balaban J connectivity index is 1.62. The van der Waals surface area contributed by atoms with Crippen LogP contribution in [-0.4, -0.2) is 90.2 Å². The van der Waals surface area contributed by atoms with Crippen LogP contribution in [-0.2, 0) is 0 Å². The van der Waals surface area contributed by atoms with E-state index in [4.69, 9.17) is 4.42 Å². The second-order valence-electron chi connectivity index (χ2n) is 7.13. The summed E-state index contributed by atoms with van der Waals surface area (Å²) in [5.74, 6) is 0.925. The number of rotatable bonds is 4. The molecule has 0 saturated carbocycles. The third-order valence-electron chi connectivity index (χ3n) is 5.35. The van der Waals surface area contributed by atoms with Crippen LogP contribution in [0.25, 0.3) is 0 Å². The average molecular weight is 336 g/mol. The summed E-state index contributed by atoms with van der Waals surface area (Å²) >= 11 is 0. The molecule has 3 rings (SSSR count).